The third-order valence-corrected chi connectivity index (χ3v) is 3.17. The van der Waals surface area contributed by atoms with Gasteiger partial charge in [-0.2, -0.15) is 4.98 Å². The summed E-state index contributed by atoms with van der Waals surface area (Å²) in [5, 5.41) is 7.00. The van der Waals surface area contributed by atoms with Crippen molar-refractivity contribution in [2.45, 2.75) is 39.2 Å². The van der Waals surface area contributed by atoms with Crippen LogP contribution >= 0.6 is 0 Å². The van der Waals surface area contributed by atoms with Crippen molar-refractivity contribution in [2.75, 3.05) is 19.6 Å². The van der Waals surface area contributed by atoms with E-state index in [0.29, 0.717) is 24.6 Å². The summed E-state index contributed by atoms with van der Waals surface area (Å²) in [6.45, 7) is 6.44. The van der Waals surface area contributed by atoms with Gasteiger partial charge in [0.1, 0.15) is 0 Å². The molecule has 2 heterocycles. The van der Waals surface area contributed by atoms with Crippen molar-refractivity contribution < 1.29 is 9.32 Å². The minimum absolute atomic E-state index is 0.222. The number of nitrogens with zero attached hydrogens (tertiary/aromatic N) is 3. The summed E-state index contributed by atoms with van der Waals surface area (Å²) in [5.41, 5.74) is 0. The van der Waals surface area contributed by atoms with Gasteiger partial charge in [-0.15, -0.1) is 0 Å². The van der Waals surface area contributed by atoms with Crippen LogP contribution in [0.2, 0.25) is 0 Å². The number of nitrogens with one attached hydrogen (secondary N) is 1. The molecule has 0 saturated carbocycles. The minimum Gasteiger partial charge on any atom is -0.339 e. The van der Waals surface area contributed by atoms with Gasteiger partial charge in [-0.3, -0.25) is 4.79 Å². The van der Waals surface area contributed by atoms with E-state index in [-0.39, 0.29) is 11.9 Å². The highest BCUT2D eigenvalue weighted by molar-refractivity contribution is 5.76. The molecule has 100 valence electrons. The summed E-state index contributed by atoms with van der Waals surface area (Å²) in [7, 11) is 0. The number of rotatable bonds is 4. The molecule has 6 nitrogen and oxygen atoms in total. The van der Waals surface area contributed by atoms with Crippen LogP contribution in [0, 0.1) is 6.92 Å². The van der Waals surface area contributed by atoms with E-state index in [1.54, 1.807) is 6.92 Å². The first-order valence-corrected chi connectivity index (χ1v) is 6.46. The van der Waals surface area contributed by atoms with Crippen LogP contribution in [-0.2, 0) is 11.2 Å². The largest absolute Gasteiger partial charge is 0.339 e. The van der Waals surface area contributed by atoms with Crippen LogP contribution in [0.15, 0.2) is 4.52 Å². The number of piperazine rings is 1. The summed E-state index contributed by atoms with van der Waals surface area (Å²) in [6.07, 6.45) is 1.98. The van der Waals surface area contributed by atoms with E-state index in [9.17, 15) is 4.79 Å². The molecule has 1 aromatic rings. The number of hydrogen-bond donors (Lipinski definition) is 1. The predicted octanol–water partition coefficient (Wildman–Crippen LogP) is 0.521. The van der Waals surface area contributed by atoms with Gasteiger partial charge in [0.2, 0.25) is 11.8 Å². The molecule has 0 radical (unpaired) electrons. The van der Waals surface area contributed by atoms with Crippen molar-refractivity contribution >= 4 is 5.91 Å². The number of aromatic nitrogens is 2. The molecule has 2 rings (SSSR count). The Morgan fingerprint density at radius 2 is 2.44 bits per heavy atom. The molecule has 1 aliphatic heterocycles. The Hall–Kier alpha value is -1.43. The lowest BCUT2D eigenvalue weighted by molar-refractivity contribution is -0.134. The lowest BCUT2D eigenvalue weighted by Gasteiger charge is -2.34. The van der Waals surface area contributed by atoms with Gasteiger partial charge in [0.15, 0.2) is 5.82 Å². The first-order chi connectivity index (χ1) is 8.66. The molecule has 1 N–H and O–H groups in total. The Balaban J connectivity index is 1.74. The molecule has 0 bridgehead atoms. The topological polar surface area (TPSA) is 71.3 Å². The van der Waals surface area contributed by atoms with Gasteiger partial charge < -0.3 is 14.7 Å². The fourth-order valence-corrected chi connectivity index (χ4v) is 2.19. The van der Waals surface area contributed by atoms with Crippen LogP contribution in [0.4, 0.5) is 0 Å². The maximum absolute atomic E-state index is 12.0. The normalized spacial score (nSPS) is 20.1. The van der Waals surface area contributed by atoms with E-state index < -0.39 is 0 Å². The Morgan fingerprint density at radius 1 is 1.61 bits per heavy atom. The van der Waals surface area contributed by atoms with Crippen LogP contribution < -0.4 is 5.32 Å². The number of hydrogen-bond acceptors (Lipinski definition) is 5. The summed E-state index contributed by atoms with van der Waals surface area (Å²) >= 11 is 0. The molecule has 1 aromatic heterocycles. The van der Waals surface area contributed by atoms with Gasteiger partial charge in [-0.25, -0.2) is 0 Å². The zero-order valence-electron chi connectivity index (χ0n) is 11.0. The van der Waals surface area contributed by atoms with Gasteiger partial charge in [-0.1, -0.05) is 5.16 Å². The molecule has 0 spiro atoms. The maximum Gasteiger partial charge on any atom is 0.226 e. The van der Waals surface area contributed by atoms with Crippen LogP contribution in [-0.4, -0.2) is 46.6 Å². The molecule has 1 saturated heterocycles. The second-order valence-corrected chi connectivity index (χ2v) is 4.73. The first kappa shape index (κ1) is 13.0. The van der Waals surface area contributed by atoms with E-state index in [4.69, 9.17) is 4.52 Å². The van der Waals surface area contributed by atoms with Crippen molar-refractivity contribution in [1.29, 1.82) is 0 Å². The smallest absolute Gasteiger partial charge is 0.226 e. The van der Waals surface area contributed by atoms with Gasteiger partial charge >= 0.3 is 0 Å². The first-order valence-electron chi connectivity index (χ1n) is 6.46. The molecule has 1 aliphatic rings. The standard InChI is InChI=1S/C12H20N4O2/c1-9-8-13-6-7-16(9)12(17)5-3-4-11-14-10(2)15-18-11/h9,13H,3-8H2,1-2H3/t9-/m0/s1. The third-order valence-electron chi connectivity index (χ3n) is 3.17. The molecule has 6 heteroatoms. The number of amides is 1. The lowest BCUT2D eigenvalue weighted by Crippen LogP contribution is -2.52. The fourth-order valence-electron chi connectivity index (χ4n) is 2.19. The monoisotopic (exact) mass is 252 g/mol. The summed E-state index contributed by atoms with van der Waals surface area (Å²) < 4.78 is 5.02. The number of carbonyl (C=O) groups excluding carboxylic acids is 1. The summed E-state index contributed by atoms with van der Waals surface area (Å²) in [4.78, 5) is 18.1. The molecular formula is C12H20N4O2. The van der Waals surface area contributed by atoms with Crippen LogP contribution in [0.3, 0.4) is 0 Å². The Bertz CT molecular complexity index is 405. The Morgan fingerprint density at radius 3 is 3.11 bits per heavy atom. The van der Waals surface area contributed by atoms with Crippen molar-refractivity contribution in [3.63, 3.8) is 0 Å². The quantitative estimate of drug-likeness (QED) is 0.846. The Kier molecular flexibility index (Phi) is 4.30. The fraction of sp³-hybridized carbons (Fsp3) is 0.750. The molecule has 0 aromatic carbocycles. The van der Waals surface area contributed by atoms with E-state index >= 15 is 0 Å². The van der Waals surface area contributed by atoms with E-state index in [0.717, 1.165) is 26.1 Å². The van der Waals surface area contributed by atoms with Crippen LogP contribution in [0.1, 0.15) is 31.5 Å². The average Bonchev–Trinajstić information content (AvgIpc) is 2.75. The second kappa shape index (κ2) is 5.95. The summed E-state index contributed by atoms with van der Waals surface area (Å²) in [6, 6.07) is 0.289. The molecule has 1 atom stereocenters. The van der Waals surface area contributed by atoms with Crippen LogP contribution in [0.25, 0.3) is 0 Å². The third kappa shape index (κ3) is 3.29. The van der Waals surface area contributed by atoms with E-state index in [1.807, 2.05) is 4.90 Å². The number of aryl methyl sites for hydroxylation is 2. The molecule has 0 aliphatic carbocycles. The lowest BCUT2D eigenvalue weighted by atomic mass is 10.1. The average molecular weight is 252 g/mol. The molecular weight excluding hydrogens is 232 g/mol. The van der Waals surface area contributed by atoms with Gasteiger partial charge in [0.25, 0.3) is 0 Å². The van der Waals surface area contributed by atoms with Crippen LogP contribution in [0.5, 0.6) is 0 Å². The van der Waals surface area contributed by atoms with Crippen molar-refractivity contribution in [3.05, 3.63) is 11.7 Å². The highest BCUT2D eigenvalue weighted by Gasteiger charge is 2.22. The van der Waals surface area contributed by atoms with Gasteiger partial charge in [-0.05, 0) is 20.3 Å². The second-order valence-electron chi connectivity index (χ2n) is 4.73. The predicted molar refractivity (Wildman–Crippen MR) is 66.0 cm³/mol. The molecule has 1 amide bonds. The zero-order chi connectivity index (χ0) is 13.0. The van der Waals surface area contributed by atoms with Crippen molar-refractivity contribution in [3.8, 4) is 0 Å². The maximum atomic E-state index is 12.0. The van der Waals surface area contributed by atoms with Gasteiger partial charge in [0, 0.05) is 38.5 Å². The zero-order valence-corrected chi connectivity index (χ0v) is 11.0. The summed E-state index contributed by atoms with van der Waals surface area (Å²) in [5.74, 6) is 1.49. The van der Waals surface area contributed by atoms with Gasteiger partial charge in [0.05, 0.1) is 0 Å². The molecule has 18 heavy (non-hydrogen) atoms. The minimum atomic E-state index is 0.222. The number of carbonyl (C=O) groups is 1. The molecule has 0 unspecified atom stereocenters. The van der Waals surface area contributed by atoms with E-state index in [2.05, 4.69) is 22.4 Å². The highest BCUT2D eigenvalue weighted by Crippen LogP contribution is 2.08. The molecule has 1 fully saturated rings. The Labute approximate surface area is 107 Å². The van der Waals surface area contributed by atoms with Crippen molar-refractivity contribution in [1.82, 2.24) is 20.4 Å². The van der Waals surface area contributed by atoms with Crippen molar-refractivity contribution in [2.24, 2.45) is 0 Å². The highest BCUT2D eigenvalue weighted by atomic mass is 16.5. The SMILES string of the molecule is Cc1noc(CCCC(=O)N2CCNC[C@@H]2C)n1. The van der Waals surface area contributed by atoms with E-state index in [1.165, 1.54) is 0 Å².